The fourth-order valence-corrected chi connectivity index (χ4v) is 2.21. The monoisotopic (exact) mass is 180 g/mol. The molecule has 1 aliphatic rings. The van der Waals surface area contributed by atoms with Crippen LogP contribution in [0.3, 0.4) is 0 Å². The zero-order valence-electron chi connectivity index (χ0n) is 8.79. The van der Waals surface area contributed by atoms with Crippen molar-refractivity contribution in [3.8, 4) is 6.07 Å². The molecule has 1 rings (SSSR count). The Balaban J connectivity index is 2.44. The van der Waals surface area contributed by atoms with E-state index in [9.17, 15) is 0 Å². The molecule has 74 valence electrons. The van der Waals surface area contributed by atoms with Crippen LogP contribution in [0, 0.1) is 11.3 Å². The van der Waals surface area contributed by atoms with Gasteiger partial charge in [0.25, 0.3) is 0 Å². The molecule has 0 heterocycles. The maximum absolute atomic E-state index is 8.94. The van der Waals surface area contributed by atoms with E-state index in [2.05, 4.69) is 24.9 Å². The van der Waals surface area contributed by atoms with Gasteiger partial charge >= 0.3 is 0 Å². The quantitative estimate of drug-likeness (QED) is 0.667. The molecule has 1 atom stereocenters. The van der Waals surface area contributed by atoms with E-state index >= 15 is 0 Å². The summed E-state index contributed by atoms with van der Waals surface area (Å²) in [6.45, 7) is 2.09. The second-order valence-corrected chi connectivity index (χ2v) is 4.01. The van der Waals surface area contributed by atoms with Crippen molar-refractivity contribution in [3.05, 3.63) is 0 Å². The molecule has 0 aromatic heterocycles. The Morgan fingerprint density at radius 1 is 1.38 bits per heavy atom. The summed E-state index contributed by atoms with van der Waals surface area (Å²) in [6.07, 6.45) is 7.59. The predicted octanol–water partition coefficient (Wildman–Crippen LogP) is 2.55. The highest BCUT2D eigenvalue weighted by atomic mass is 15.2. The van der Waals surface area contributed by atoms with Gasteiger partial charge in [-0.1, -0.05) is 26.2 Å². The number of nitriles is 1. The van der Waals surface area contributed by atoms with Crippen LogP contribution in [0.1, 0.15) is 45.4 Å². The average molecular weight is 180 g/mol. The van der Waals surface area contributed by atoms with E-state index in [0.717, 1.165) is 6.42 Å². The van der Waals surface area contributed by atoms with E-state index in [1.807, 2.05) is 0 Å². The molecule has 0 amide bonds. The van der Waals surface area contributed by atoms with Gasteiger partial charge in [-0.3, -0.25) is 4.90 Å². The Hall–Kier alpha value is -0.550. The van der Waals surface area contributed by atoms with Gasteiger partial charge in [0.05, 0.1) is 12.1 Å². The van der Waals surface area contributed by atoms with E-state index < -0.39 is 0 Å². The fraction of sp³-hybridized carbons (Fsp3) is 0.909. The Bertz CT molecular complexity index is 177. The van der Waals surface area contributed by atoms with Crippen molar-refractivity contribution in [1.29, 1.82) is 5.26 Å². The SMILES string of the molecule is CCC(C#N)N(C)C1CCCCC1. The summed E-state index contributed by atoms with van der Waals surface area (Å²) in [5, 5.41) is 8.94. The van der Waals surface area contributed by atoms with E-state index in [-0.39, 0.29) is 6.04 Å². The summed E-state index contributed by atoms with van der Waals surface area (Å²) in [4.78, 5) is 2.28. The van der Waals surface area contributed by atoms with E-state index in [0.29, 0.717) is 6.04 Å². The molecule has 0 aromatic carbocycles. The average Bonchev–Trinajstić information content (AvgIpc) is 2.21. The molecule has 1 aliphatic carbocycles. The third-order valence-corrected chi connectivity index (χ3v) is 3.18. The van der Waals surface area contributed by atoms with Crippen molar-refractivity contribution in [2.45, 2.75) is 57.5 Å². The van der Waals surface area contributed by atoms with Crippen LogP contribution >= 0.6 is 0 Å². The van der Waals surface area contributed by atoms with Crippen LogP contribution < -0.4 is 0 Å². The van der Waals surface area contributed by atoms with Gasteiger partial charge in [0.15, 0.2) is 0 Å². The third-order valence-electron chi connectivity index (χ3n) is 3.18. The van der Waals surface area contributed by atoms with Crippen LogP contribution in [0.25, 0.3) is 0 Å². The van der Waals surface area contributed by atoms with Crippen LogP contribution in [-0.4, -0.2) is 24.0 Å². The molecule has 13 heavy (non-hydrogen) atoms. The third kappa shape index (κ3) is 2.70. The van der Waals surface area contributed by atoms with Crippen LogP contribution in [0.2, 0.25) is 0 Å². The van der Waals surface area contributed by atoms with Crippen LogP contribution in [0.5, 0.6) is 0 Å². The Morgan fingerprint density at radius 3 is 2.46 bits per heavy atom. The van der Waals surface area contributed by atoms with Gasteiger partial charge in [0, 0.05) is 6.04 Å². The Morgan fingerprint density at radius 2 is 2.00 bits per heavy atom. The van der Waals surface area contributed by atoms with Gasteiger partial charge in [-0.2, -0.15) is 5.26 Å². The molecule has 0 aliphatic heterocycles. The summed E-state index contributed by atoms with van der Waals surface area (Å²) in [6, 6.07) is 3.17. The number of hydrogen-bond acceptors (Lipinski definition) is 2. The van der Waals surface area contributed by atoms with Crippen molar-refractivity contribution in [1.82, 2.24) is 4.90 Å². The zero-order chi connectivity index (χ0) is 9.68. The Kier molecular flexibility index (Phi) is 4.24. The lowest BCUT2D eigenvalue weighted by atomic mass is 9.93. The fourth-order valence-electron chi connectivity index (χ4n) is 2.21. The lowest BCUT2D eigenvalue weighted by Gasteiger charge is -2.33. The normalized spacial score (nSPS) is 21.4. The van der Waals surface area contributed by atoms with E-state index in [1.165, 1.54) is 32.1 Å². The highest BCUT2D eigenvalue weighted by Crippen LogP contribution is 2.23. The first-order valence-electron chi connectivity index (χ1n) is 5.41. The van der Waals surface area contributed by atoms with Crippen LogP contribution in [0.4, 0.5) is 0 Å². The van der Waals surface area contributed by atoms with E-state index in [1.54, 1.807) is 0 Å². The molecule has 0 saturated heterocycles. The smallest absolute Gasteiger partial charge is 0.0975 e. The molecule has 0 aromatic rings. The van der Waals surface area contributed by atoms with Crippen molar-refractivity contribution in [2.75, 3.05) is 7.05 Å². The maximum atomic E-state index is 8.94. The molecule has 2 nitrogen and oxygen atoms in total. The topological polar surface area (TPSA) is 27.0 Å². The molecule has 2 heteroatoms. The number of rotatable bonds is 3. The molecule has 0 spiro atoms. The van der Waals surface area contributed by atoms with Crippen molar-refractivity contribution in [3.63, 3.8) is 0 Å². The lowest BCUT2D eigenvalue weighted by molar-refractivity contribution is 0.161. The van der Waals surface area contributed by atoms with Crippen molar-refractivity contribution < 1.29 is 0 Å². The molecule has 1 unspecified atom stereocenters. The predicted molar refractivity (Wildman–Crippen MR) is 54.3 cm³/mol. The highest BCUT2D eigenvalue weighted by molar-refractivity contribution is 4.92. The maximum Gasteiger partial charge on any atom is 0.0975 e. The van der Waals surface area contributed by atoms with E-state index in [4.69, 9.17) is 5.26 Å². The highest BCUT2D eigenvalue weighted by Gasteiger charge is 2.22. The molecular weight excluding hydrogens is 160 g/mol. The van der Waals surface area contributed by atoms with Gasteiger partial charge in [0.1, 0.15) is 0 Å². The first-order valence-corrected chi connectivity index (χ1v) is 5.41. The summed E-state index contributed by atoms with van der Waals surface area (Å²) in [5.41, 5.74) is 0. The first-order chi connectivity index (χ1) is 6.29. The van der Waals surface area contributed by atoms with Gasteiger partial charge in [-0.05, 0) is 26.3 Å². The summed E-state index contributed by atoms with van der Waals surface area (Å²) in [7, 11) is 2.10. The summed E-state index contributed by atoms with van der Waals surface area (Å²) in [5.74, 6) is 0. The first kappa shape index (κ1) is 10.5. The van der Waals surface area contributed by atoms with Gasteiger partial charge in [-0.15, -0.1) is 0 Å². The zero-order valence-corrected chi connectivity index (χ0v) is 8.79. The molecule has 1 fully saturated rings. The largest absolute Gasteiger partial charge is 0.288 e. The molecule has 0 bridgehead atoms. The number of nitrogens with zero attached hydrogens (tertiary/aromatic N) is 2. The van der Waals surface area contributed by atoms with Gasteiger partial charge < -0.3 is 0 Å². The summed E-state index contributed by atoms with van der Waals surface area (Å²) < 4.78 is 0. The summed E-state index contributed by atoms with van der Waals surface area (Å²) >= 11 is 0. The minimum Gasteiger partial charge on any atom is -0.288 e. The Labute approximate surface area is 81.5 Å². The molecule has 0 radical (unpaired) electrons. The number of hydrogen-bond donors (Lipinski definition) is 0. The lowest BCUT2D eigenvalue weighted by Crippen LogP contribution is -2.40. The van der Waals surface area contributed by atoms with Crippen molar-refractivity contribution >= 4 is 0 Å². The molecule has 1 saturated carbocycles. The van der Waals surface area contributed by atoms with Crippen LogP contribution in [-0.2, 0) is 0 Å². The van der Waals surface area contributed by atoms with Crippen LogP contribution in [0.15, 0.2) is 0 Å². The molecular formula is C11H20N2. The second kappa shape index (κ2) is 5.24. The van der Waals surface area contributed by atoms with Gasteiger partial charge in [0.2, 0.25) is 0 Å². The molecule has 0 N–H and O–H groups in total. The van der Waals surface area contributed by atoms with Crippen molar-refractivity contribution in [2.24, 2.45) is 0 Å². The van der Waals surface area contributed by atoms with Gasteiger partial charge in [-0.25, -0.2) is 0 Å². The second-order valence-electron chi connectivity index (χ2n) is 4.01. The standard InChI is InChI=1S/C11H20N2/c1-3-10(9-12)13(2)11-7-5-4-6-8-11/h10-11H,3-8H2,1-2H3. The minimum absolute atomic E-state index is 0.128. The minimum atomic E-state index is 0.128.